The van der Waals surface area contributed by atoms with Crippen molar-refractivity contribution in [1.29, 1.82) is 0 Å². The Morgan fingerprint density at radius 3 is 2.20 bits per heavy atom. The predicted molar refractivity (Wildman–Crippen MR) is 102 cm³/mol. The standard InChI is InChI=1S/C19H30N2O3.ClH/c1-22-17-7-6-15(18(23-2)19(17)24-3)13-21-10-8-16(9-11-21)20-12-14-4-5-14;/h6-7,14,16,20H,4-5,8-13H2,1-3H3;1H. The van der Waals surface area contributed by atoms with E-state index in [0.29, 0.717) is 17.5 Å². The van der Waals surface area contributed by atoms with E-state index in [0.717, 1.165) is 36.9 Å². The van der Waals surface area contributed by atoms with Gasteiger partial charge >= 0.3 is 0 Å². The number of methoxy groups -OCH3 is 3. The zero-order valence-electron chi connectivity index (χ0n) is 15.5. The lowest BCUT2D eigenvalue weighted by molar-refractivity contribution is 0.187. The van der Waals surface area contributed by atoms with Gasteiger partial charge in [-0.3, -0.25) is 4.90 Å². The summed E-state index contributed by atoms with van der Waals surface area (Å²) >= 11 is 0. The van der Waals surface area contributed by atoms with Gasteiger partial charge in [0.15, 0.2) is 11.5 Å². The lowest BCUT2D eigenvalue weighted by Gasteiger charge is -2.33. The molecule has 1 aliphatic carbocycles. The minimum atomic E-state index is 0. The summed E-state index contributed by atoms with van der Waals surface area (Å²) in [6, 6.07) is 4.73. The van der Waals surface area contributed by atoms with E-state index in [4.69, 9.17) is 14.2 Å². The second-order valence-corrected chi connectivity index (χ2v) is 6.90. The van der Waals surface area contributed by atoms with E-state index in [1.165, 1.54) is 32.2 Å². The van der Waals surface area contributed by atoms with Crippen LogP contribution < -0.4 is 19.5 Å². The van der Waals surface area contributed by atoms with Crippen molar-refractivity contribution in [1.82, 2.24) is 10.2 Å². The van der Waals surface area contributed by atoms with Gasteiger partial charge in [-0.15, -0.1) is 12.4 Å². The largest absolute Gasteiger partial charge is 0.493 e. The Bertz CT molecular complexity index is 544. The van der Waals surface area contributed by atoms with E-state index in [-0.39, 0.29) is 12.4 Å². The summed E-state index contributed by atoms with van der Waals surface area (Å²) in [6.07, 6.45) is 5.29. The number of nitrogens with zero attached hydrogens (tertiary/aromatic N) is 1. The van der Waals surface area contributed by atoms with Crippen molar-refractivity contribution in [2.75, 3.05) is 41.0 Å². The van der Waals surface area contributed by atoms with E-state index >= 15 is 0 Å². The number of hydrogen-bond acceptors (Lipinski definition) is 5. The summed E-state index contributed by atoms with van der Waals surface area (Å²) < 4.78 is 16.4. The zero-order chi connectivity index (χ0) is 16.9. The number of benzene rings is 1. The molecule has 0 radical (unpaired) electrons. The highest BCUT2D eigenvalue weighted by Gasteiger charge is 2.25. The molecule has 0 bridgehead atoms. The van der Waals surface area contributed by atoms with Crippen LogP contribution in [0.1, 0.15) is 31.2 Å². The highest BCUT2D eigenvalue weighted by atomic mass is 35.5. The molecular formula is C19H31ClN2O3. The van der Waals surface area contributed by atoms with Gasteiger partial charge in [0, 0.05) is 18.2 Å². The number of piperidine rings is 1. The summed E-state index contributed by atoms with van der Waals surface area (Å²) in [6.45, 7) is 4.35. The van der Waals surface area contributed by atoms with Crippen LogP contribution in [0.3, 0.4) is 0 Å². The van der Waals surface area contributed by atoms with E-state index in [9.17, 15) is 0 Å². The van der Waals surface area contributed by atoms with E-state index in [1.54, 1.807) is 21.3 Å². The van der Waals surface area contributed by atoms with Crippen molar-refractivity contribution in [2.24, 2.45) is 5.92 Å². The molecule has 6 heteroatoms. The quantitative estimate of drug-likeness (QED) is 0.761. The molecule has 1 N–H and O–H groups in total. The predicted octanol–water partition coefficient (Wildman–Crippen LogP) is 3.10. The topological polar surface area (TPSA) is 43.0 Å². The molecule has 0 aromatic heterocycles. The second-order valence-electron chi connectivity index (χ2n) is 6.90. The third kappa shape index (κ3) is 5.16. The van der Waals surface area contributed by atoms with Gasteiger partial charge in [-0.05, 0) is 57.3 Å². The molecule has 142 valence electrons. The molecule has 1 aromatic rings. The fourth-order valence-electron chi connectivity index (χ4n) is 3.48. The number of rotatable bonds is 8. The maximum atomic E-state index is 5.60. The SMILES string of the molecule is COc1ccc(CN2CCC(NCC3CC3)CC2)c(OC)c1OC.Cl. The molecule has 1 heterocycles. The molecule has 3 rings (SSSR count). The van der Waals surface area contributed by atoms with Gasteiger partial charge in [-0.2, -0.15) is 0 Å². The molecule has 0 spiro atoms. The molecule has 1 saturated heterocycles. The van der Waals surface area contributed by atoms with E-state index in [1.807, 2.05) is 6.07 Å². The van der Waals surface area contributed by atoms with Gasteiger partial charge in [0.25, 0.3) is 0 Å². The van der Waals surface area contributed by atoms with Crippen LogP contribution in [0, 0.1) is 5.92 Å². The van der Waals surface area contributed by atoms with E-state index in [2.05, 4.69) is 16.3 Å². The first-order valence-corrected chi connectivity index (χ1v) is 8.98. The highest BCUT2D eigenvalue weighted by molar-refractivity contribution is 5.85. The molecular weight excluding hydrogens is 340 g/mol. The fraction of sp³-hybridized carbons (Fsp3) is 0.684. The summed E-state index contributed by atoms with van der Waals surface area (Å²) in [4.78, 5) is 2.50. The monoisotopic (exact) mass is 370 g/mol. The Morgan fingerprint density at radius 1 is 0.960 bits per heavy atom. The maximum Gasteiger partial charge on any atom is 0.203 e. The van der Waals surface area contributed by atoms with Crippen LogP contribution >= 0.6 is 12.4 Å². The molecule has 2 aliphatic rings. The Labute approximate surface area is 157 Å². The van der Waals surface area contributed by atoms with Crippen LogP contribution in [0.25, 0.3) is 0 Å². The van der Waals surface area contributed by atoms with Crippen LogP contribution in [-0.4, -0.2) is 51.9 Å². The Hall–Kier alpha value is -1.17. The van der Waals surface area contributed by atoms with Crippen LogP contribution in [0.2, 0.25) is 0 Å². The number of ether oxygens (including phenoxy) is 3. The Balaban J connectivity index is 0.00000225. The first kappa shape index (κ1) is 20.1. The second kappa shape index (κ2) is 9.51. The zero-order valence-corrected chi connectivity index (χ0v) is 16.4. The maximum absolute atomic E-state index is 5.60. The van der Waals surface area contributed by atoms with E-state index < -0.39 is 0 Å². The van der Waals surface area contributed by atoms with Gasteiger partial charge in [0.1, 0.15) is 0 Å². The summed E-state index contributed by atoms with van der Waals surface area (Å²) in [5.41, 5.74) is 1.15. The summed E-state index contributed by atoms with van der Waals surface area (Å²) in [5, 5.41) is 3.74. The van der Waals surface area contributed by atoms with Crippen molar-refractivity contribution >= 4 is 12.4 Å². The fourth-order valence-corrected chi connectivity index (χ4v) is 3.48. The minimum Gasteiger partial charge on any atom is -0.493 e. The third-order valence-corrected chi connectivity index (χ3v) is 5.16. The van der Waals surface area contributed by atoms with Crippen LogP contribution in [0.5, 0.6) is 17.2 Å². The summed E-state index contributed by atoms with van der Waals surface area (Å²) in [7, 11) is 4.99. The van der Waals surface area contributed by atoms with Crippen molar-refractivity contribution in [3.63, 3.8) is 0 Å². The normalized spacial score (nSPS) is 18.5. The first-order chi connectivity index (χ1) is 11.7. The number of likely N-dealkylation sites (tertiary alicyclic amines) is 1. The molecule has 25 heavy (non-hydrogen) atoms. The Morgan fingerprint density at radius 2 is 1.64 bits per heavy atom. The molecule has 1 aromatic carbocycles. The highest BCUT2D eigenvalue weighted by Crippen LogP contribution is 2.40. The van der Waals surface area contributed by atoms with Crippen molar-refractivity contribution in [2.45, 2.75) is 38.3 Å². The average molecular weight is 371 g/mol. The average Bonchev–Trinajstić information content (AvgIpc) is 3.45. The number of nitrogens with one attached hydrogen (secondary N) is 1. The number of hydrogen-bond donors (Lipinski definition) is 1. The van der Waals surface area contributed by atoms with Crippen LogP contribution in [0.4, 0.5) is 0 Å². The molecule has 0 amide bonds. The third-order valence-electron chi connectivity index (χ3n) is 5.16. The summed E-state index contributed by atoms with van der Waals surface area (Å²) in [5.74, 6) is 3.13. The van der Waals surface area contributed by atoms with Crippen molar-refractivity contribution in [3.05, 3.63) is 17.7 Å². The molecule has 5 nitrogen and oxygen atoms in total. The lowest BCUT2D eigenvalue weighted by atomic mass is 10.0. The molecule has 0 unspecified atom stereocenters. The van der Waals surface area contributed by atoms with Gasteiger partial charge < -0.3 is 19.5 Å². The van der Waals surface area contributed by atoms with Crippen molar-refractivity contribution in [3.8, 4) is 17.2 Å². The smallest absolute Gasteiger partial charge is 0.203 e. The van der Waals surface area contributed by atoms with Crippen LogP contribution in [0.15, 0.2) is 12.1 Å². The molecule has 0 atom stereocenters. The lowest BCUT2D eigenvalue weighted by Crippen LogP contribution is -2.42. The molecule has 2 fully saturated rings. The van der Waals surface area contributed by atoms with Gasteiger partial charge in [-0.1, -0.05) is 6.07 Å². The van der Waals surface area contributed by atoms with Gasteiger partial charge in [0.05, 0.1) is 21.3 Å². The Kier molecular flexibility index (Phi) is 7.66. The van der Waals surface area contributed by atoms with Gasteiger partial charge in [0.2, 0.25) is 5.75 Å². The minimum absolute atomic E-state index is 0. The molecule has 1 aliphatic heterocycles. The van der Waals surface area contributed by atoms with Crippen LogP contribution in [-0.2, 0) is 6.54 Å². The van der Waals surface area contributed by atoms with Gasteiger partial charge in [-0.25, -0.2) is 0 Å². The van der Waals surface area contributed by atoms with Crippen molar-refractivity contribution < 1.29 is 14.2 Å². The first-order valence-electron chi connectivity index (χ1n) is 8.98. The molecule has 1 saturated carbocycles. The number of halogens is 1.